The largest absolute Gasteiger partial charge is 0.496 e. The molecular weight excluding hydrogens is 503 g/mol. The van der Waals surface area contributed by atoms with Crippen molar-refractivity contribution in [3.63, 3.8) is 0 Å². The van der Waals surface area contributed by atoms with E-state index in [-0.39, 0.29) is 24.6 Å². The SMILES string of the molecule is COc1cc(C(F)(F)F)ccc1-c1nnc(N[C@@H]2CCCN(C(=O)OC(C)(C)C)C2)c(CCC(N)=O)c1C. The molecule has 38 heavy (non-hydrogen) atoms. The van der Waals surface area contributed by atoms with Gasteiger partial charge in [-0.3, -0.25) is 4.79 Å². The number of benzene rings is 1. The summed E-state index contributed by atoms with van der Waals surface area (Å²) in [6.07, 6.45) is -3.12. The lowest BCUT2D eigenvalue weighted by atomic mass is 9.97. The van der Waals surface area contributed by atoms with Crippen LogP contribution in [0.25, 0.3) is 11.3 Å². The van der Waals surface area contributed by atoms with E-state index in [1.165, 1.54) is 13.2 Å². The minimum absolute atomic E-state index is 0.000863. The molecule has 1 aromatic heterocycles. The molecule has 0 spiro atoms. The maximum atomic E-state index is 13.2. The van der Waals surface area contributed by atoms with Gasteiger partial charge in [0.2, 0.25) is 5.91 Å². The standard InChI is InChI=1S/C26H34F3N5O4/c1-15-18(10-11-21(30)35)23(31-17-7-6-12-34(14-17)24(36)38-25(2,3)4)33-32-22(15)19-9-8-16(26(27,28)29)13-20(19)37-5/h8-9,13,17H,6-7,10-12,14H2,1-5H3,(H2,30,35)(H,31,33)/t17-/m1/s1. The van der Waals surface area contributed by atoms with Crippen LogP contribution in [0, 0.1) is 6.92 Å². The van der Waals surface area contributed by atoms with Crippen molar-refractivity contribution >= 4 is 17.8 Å². The first-order valence-corrected chi connectivity index (χ1v) is 12.3. The summed E-state index contributed by atoms with van der Waals surface area (Å²) in [7, 11) is 1.28. The van der Waals surface area contributed by atoms with E-state index in [0.717, 1.165) is 25.0 Å². The second-order valence-electron chi connectivity index (χ2n) is 10.3. The second-order valence-corrected chi connectivity index (χ2v) is 10.3. The van der Waals surface area contributed by atoms with Crippen LogP contribution < -0.4 is 15.8 Å². The van der Waals surface area contributed by atoms with Gasteiger partial charge >= 0.3 is 12.3 Å². The number of carbonyl (C=O) groups excluding carboxylic acids is 2. The number of likely N-dealkylation sites (tertiary alicyclic amines) is 1. The van der Waals surface area contributed by atoms with Gasteiger partial charge in [0.1, 0.15) is 11.4 Å². The lowest BCUT2D eigenvalue weighted by Crippen LogP contribution is -2.47. The molecule has 0 radical (unpaired) electrons. The van der Waals surface area contributed by atoms with Gasteiger partial charge in [-0.25, -0.2) is 4.79 Å². The summed E-state index contributed by atoms with van der Waals surface area (Å²) in [5.41, 5.74) is 5.90. The molecule has 2 heterocycles. The van der Waals surface area contributed by atoms with Gasteiger partial charge in [0.05, 0.1) is 18.4 Å². The fraction of sp³-hybridized carbons (Fsp3) is 0.538. The van der Waals surface area contributed by atoms with E-state index in [1.807, 2.05) is 0 Å². The zero-order valence-corrected chi connectivity index (χ0v) is 22.2. The summed E-state index contributed by atoms with van der Waals surface area (Å²) in [5.74, 6) is -0.0805. The molecule has 0 saturated carbocycles. The Morgan fingerprint density at radius 2 is 1.92 bits per heavy atom. The number of primary amides is 1. The van der Waals surface area contributed by atoms with Crippen LogP contribution in [0.5, 0.6) is 5.75 Å². The lowest BCUT2D eigenvalue weighted by Gasteiger charge is -2.35. The highest BCUT2D eigenvalue weighted by atomic mass is 19.4. The number of nitrogens with zero attached hydrogens (tertiary/aromatic N) is 3. The number of piperidine rings is 1. The Hall–Kier alpha value is -3.57. The first kappa shape index (κ1) is 29.0. The van der Waals surface area contributed by atoms with Crippen molar-refractivity contribution in [3.8, 4) is 17.0 Å². The predicted molar refractivity (Wildman–Crippen MR) is 136 cm³/mol. The fourth-order valence-corrected chi connectivity index (χ4v) is 4.33. The number of aromatic nitrogens is 2. The van der Waals surface area contributed by atoms with E-state index in [0.29, 0.717) is 41.3 Å². The molecule has 0 aliphatic carbocycles. The van der Waals surface area contributed by atoms with Crippen molar-refractivity contribution in [3.05, 3.63) is 34.9 Å². The number of methoxy groups -OCH3 is 1. The molecule has 2 amide bonds. The molecule has 12 heteroatoms. The third kappa shape index (κ3) is 7.26. The quantitative estimate of drug-likeness (QED) is 0.525. The molecule has 1 saturated heterocycles. The molecule has 1 fully saturated rings. The Kier molecular flexibility index (Phi) is 8.73. The molecule has 1 aromatic carbocycles. The number of halogens is 3. The van der Waals surface area contributed by atoms with Crippen LogP contribution in [-0.4, -0.2) is 58.9 Å². The van der Waals surface area contributed by atoms with Gasteiger partial charge in [0.25, 0.3) is 0 Å². The Labute approximate surface area is 219 Å². The van der Waals surface area contributed by atoms with E-state index in [1.54, 1.807) is 32.6 Å². The molecule has 3 rings (SSSR count). The van der Waals surface area contributed by atoms with Crippen molar-refractivity contribution in [2.24, 2.45) is 5.73 Å². The van der Waals surface area contributed by atoms with Crippen LogP contribution in [0.3, 0.4) is 0 Å². The summed E-state index contributed by atoms with van der Waals surface area (Å²) >= 11 is 0. The van der Waals surface area contributed by atoms with Crippen LogP contribution in [0.2, 0.25) is 0 Å². The maximum Gasteiger partial charge on any atom is 0.416 e. The zero-order chi connectivity index (χ0) is 28.3. The lowest BCUT2D eigenvalue weighted by molar-refractivity contribution is -0.137. The Morgan fingerprint density at radius 1 is 1.21 bits per heavy atom. The predicted octanol–water partition coefficient (Wildman–Crippen LogP) is 4.71. The topological polar surface area (TPSA) is 120 Å². The van der Waals surface area contributed by atoms with Crippen molar-refractivity contribution < 1.29 is 32.2 Å². The van der Waals surface area contributed by atoms with Gasteiger partial charge in [0.15, 0.2) is 5.82 Å². The van der Waals surface area contributed by atoms with Crippen molar-refractivity contribution in [1.82, 2.24) is 15.1 Å². The van der Waals surface area contributed by atoms with Gasteiger partial charge in [0, 0.05) is 36.7 Å². The number of hydrogen-bond donors (Lipinski definition) is 2. The molecule has 208 valence electrons. The molecule has 1 aliphatic rings. The molecule has 1 atom stereocenters. The van der Waals surface area contributed by atoms with Crippen molar-refractivity contribution in [2.45, 2.75) is 71.2 Å². The highest BCUT2D eigenvalue weighted by molar-refractivity contribution is 5.76. The molecule has 0 bridgehead atoms. The van der Waals surface area contributed by atoms with Gasteiger partial charge in [-0.05, 0) is 70.7 Å². The van der Waals surface area contributed by atoms with Crippen LogP contribution in [0.4, 0.5) is 23.8 Å². The summed E-state index contributed by atoms with van der Waals surface area (Å²) in [6.45, 7) is 8.14. The second kappa shape index (κ2) is 11.4. The zero-order valence-electron chi connectivity index (χ0n) is 22.2. The third-order valence-electron chi connectivity index (χ3n) is 6.16. The summed E-state index contributed by atoms with van der Waals surface area (Å²) < 4.78 is 50.4. The first-order valence-electron chi connectivity index (χ1n) is 12.3. The number of amides is 2. The van der Waals surface area contributed by atoms with Gasteiger partial charge < -0.3 is 25.4 Å². The molecule has 2 aromatic rings. The van der Waals surface area contributed by atoms with E-state index in [9.17, 15) is 22.8 Å². The van der Waals surface area contributed by atoms with Gasteiger partial charge in [-0.15, -0.1) is 10.2 Å². The number of alkyl halides is 3. The first-order chi connectivity index (χ1) is 17.7. The smallest absolute Gasteiger partial charge is 0.416 e. The number of nitrogens with two attached hydrogens (primary N) is 1. The summed E-state index contributed by atoms with van der Waals surface area (Å²) in [4.78, 5) is 25.8. The Morgan fingerprint density at radius 3 is 2.53 bits per heavy atom. The average Bonchev–Trinajstić information content (AvgIpc) is 2.82. The van der Waals surface area contributed by atoms with Crippen molar-refractivity contribution in [1.29, 1.82) is 0 Å². The maximum absolute atomic E-state index is 13.2. The average molecular weight is 538 g/mol. The minimum Gasteiger partial charge on any atom is -0.496 e. The van der Waals surface area contributed by atoms with Crippen LogP contribution in [0.15, 0.2) is 18.2 Å². The van der Waals surface area contributed by atoms with Crippen molar-refractivity contribution in [2.75, 3.05) is 25.5 Å². The van der Waals surface area contributed by atoms with E-state index in [2.05, 4.69) is 15.5 Å². The number of carbonyl (C=O) groups is 2. The summed E-state index contributed by atoms with van der Waals surface area (Å²) in [5, 5.41) is 12.0. The van der Waals surface area contributed by atoms with E-state index in [4.69, 9.17) is 15.2 Å². The van der Waals surface area contributed by atoms with Gasteiger partial charge in [-0.1, -0.05) is 0 Å². The van der Waals surface area contributed by atoms with E-state index >= 15 is 0 Å². The molecular formula is C26H34F3N5O4. The van der Waals surface area contributed by atoms with Crippen LogP contribution >= 0.6 is 0 Å². The summed E-state index contributed by atoms with van der Waals surface area (Å²) in [6, 6.07) is 3.02. The molecule has 1 aliphatic heterocycles. The van der Waals surface area contributed by atoms with E-state index < -0.39 is 29.3 Å². The number of rotatable bonds is 7. The van der Waals surface area contributed by atoms with Crippen LogP contribution in [0.1, 0.15) is 56.7 Å². The number of hydrogen-bond acceptors (Lipinski definition) is 7. The monoisotopic (exact) mass is 537 g/mol. The molecule has 0 unspecified atom stereocenters. The Balaban J connectivity index is 1.93. The minimum atomic E-state index is -4.53. The number of ether oxygens (including phenoxy) is 2. The normalized spacial score (nSPS) is 16.2. The number of nitrogens with one attached hydrogen (secondary N) is 1. The molecule has 3 N–H and O–H groups in total. The molecule has 9 nitrogen and oxygen atoms in total. The fourth-order valence-electron chi connectivity index (χ4n) is 4.33. The highest BCUT2D eigenvalue weighted by Gasteiger charge is 2.32. The third-order valence-corrected chi connectivity index (χ3v) is 6.16. The van der Waals surface area contributed by atoms with Crippen LogP contribution in [-0.2, 0) is 22.1 Å². The van der Waals surface area contributed by atoms with Gasteiger partial charge in [-0.2, -0.15) is 13.2 Å². The number of anilines is 1. The Bertz CT molecular complexity index is 1180. The highest BCUT2D eigenvalue weighted by Crippen LogP contribution is 2.38.